The van der Waals surface area contributed by atoms with Gasteiger partial charge >= 0.3 is 0 Å². The zero-order valence-electron chi connectivity index (χ0n) is 78.4. The number of nitrogens with zero attached hydrogens (tertiary/aromatic N) is 5. The van der Waals surface area contributed by atoms with Crippen molar-refractivity contribution < 1.29 is 20.6 Å². The fourth-order valence-corrected chi connectivity index (χ4v) is 14.9. The summed E-state index contributed by atoms with van der Waals surface area (Å²) in [7, 11) is 0. The molecule has 0 saturated heterocycles. The minimum atomic E-state index is -0.697. The van der Waals surface area contributed by atoms with Crippen LogP contribution in [0.2, 0.25) is 0 Å². The van der Waals surface area contributed by atoms with Crippen molar-refractivity contribution in [1.82, 2.24) is 15.0 Å². The van der Waals surface area contributed by atoms with E-state index in [0.29, 0.717) is 39.4 Å². The van der Waals surface area contributed by atoms with Crippen molar-refractivity contribution in [3.8, 4) is 101 Å². The van der Waals surface area contributed by atoms with Crippen molar-refractivity contribution in [2.24, 2.45) is 0 Å². The monoisotopic (exact) mass is 1400 g/mol. The summed E-state index contributed by atoms with van der Waals surface area (Å²) in [5.41, 5.74) is 17.9. The number of rotatable bonds is 11. The average molecular weight is 1400 g/mol. The molecule has 6 heteroatoms. The topological polar surface area (TPSA) is 45.2 Å². The van der Waals surface area contributed by atoms with Crippen LogP contribution in [-0.2, 0) is 27.1 Å². The van der Waals surface area contributed by atoms with Crippen molar-refractivity contribution in [3.63, 3.8) is 0 Å². The van der Waals surface area contributed by atoms with Gasteiger partial charge in [-0.3, -0.25) is 0 Å². The number of fused-ring (bicyclic) bond motifs is 4. The van der Waals surface area contributed by atoms with E-state index < -0.39 is 119 Å². The zero-order chi connectivity index (χ0) is 87.5. The molecule has 107 heavy (non-hydrogen) atoms. The van der Waals surface area contributed by atoms with Crippen LogP contribution in [0.25, 0.3) is 101 Å². The van der Waals surface area contributed by atoms with Crippen molar-refractivity contribution in [2.75, 3.05) is 9.80 Å². The van der Waals surface area contributed by atoms with Gasteiger partial charge < -0.3 is 9.80 Å². The van der Waals surface area contributed by atoms with Crippen LogP contribution in [0.15, 0.2) is 297 Å². The average Bonchev–Trinajstić information content (AvgIpc) is 0.683. The van der Waals surface area contributed by atoms with E-state index in [2.05, 4.69) is 235 Å². The van der Waals surface area contributed by atoms with E-state index in [1.165, 1.54) is 0 Å². The Kier molecular flexibility index (Phi) is 13.6. The van der Waals surface area contributed by atoms with Crippen LogP contribution < -0.4 is 26.2 Å². The molecule has 0 atom stereocenters. The highest BCUT2D eigenvalue weighted by Crippen LogP contribution is 2.56. The Morgan fingerprint density at radius 2 is 0.570 bits per heavy atom. The molecule has 13 aromatic carbocycles. The Hall–Kier alpha value is -11.5. The number of anilines is 6. The van der Waals surface area contributed by atoms with Gasteiger partial charge in [0.1, 0.15) is 0 Å². The summed E-state index contributed by atoms with van der Waals surface area (Å²) in [5, 5.41) is 0. The van der Waals surface area contributed by atoms with Crippen LogP contribution >= 0.6 is 0 Å². The molecule has 14 aromatic rings. The van der Waals surface area contributed by atoms with Gasteiger partial charge in [-0.15, -0.1) is 0 Å². The highest BCUT2D eigenvalue weighted by atomic mass is 15.2. The molecule has 5 nitrogen and oxygen atoms in total. The van der Waals surface area contributed by atoms with Gasteiger partial charge in [0, 0.05) is 56.1 Å². The van der Waals surface area contributed by atoms with E-state index in [0.717, 1.165) is 106 Å². The van der Waals surface area contributed by atoms with Crippen LogP contribution in [0.1, 0.15) is 152 Å². The second-order valence-electron chi connectivity index (χ2n) is 33.5. The predicted molar refractivity (Wildman–Crippen MR) is 456 cm³/mol. The second-order valence-corrected chi connectivity index (χ2v) is 33.5. The molecule has 0 amide bonds. The fraction of sp³-hybridized carbons (Fsp3) is 0.198. The molecule has 2 aliphatic heterocycles. The van der Waals surface area contributed by atoms with Crippen molar-refractivity contribution in [1.29, 1.82) is 0 Å². The van der Waals surface area contributed by atoms with Crippen molar-refractivity contribution in [3.05, 3.63) is 325 Å². The molecule has 16 rings (SSSR count). The van der Waals surface area contributed by atoms with Crippen LogP contribution in [0.4, 0.5) is 34.1 Å². The summed E-state index contributed by atoms with van der Waals surface area (Å²) in [6, 6.07) is 63.2. The number of hydrogen-bond acceptors (Lipinski definition) is 5. The first-order valence-electron chi connectivity index (χ1n) is 44.3. The summed E-state index contributed by atoms with van der Waals surface area (Å²) in [5.74, 6) is -0.985. The minimum Gasteiger partial charge on any atom is -0.310 e. The lowest BCUT2D eigenvalue weighted by molar-refractivity contribution is 0.569. The standard InChI is InChI=1S/C101H94BN5/c1-97(2,3)76-48-34-47-71(53-76)75-58-89-91-90(59-75)107(93-83(68-41-28-19-29-42-68)63-80(101(13,14)15)64-84(93)96-104-94(69-43-30-20-31-44-69)103-95(105-96)70-45-32-21-33-46-70)88-57-73(74-54-77(98(4,5)6)60-78(55-74)99(7,8)9)50-52-86(88)102(91)85-51-49-72(65-35-22-16-23-36-65)56-87(85)106(89)92-81(66-37-24-17-25-38-66)61-79(100(10,11)12)62-82(92)67-39-26-18-27-40-67/h16-64H,1-15H3/i16D,20D,21D,22D,23D,30D,31D,32D,33D,35D,36D,43D,44D,45D,46D. The van der Waals surface area contributed by atoms with Crippen LogP contribution in [0.3, 0.4) is 0 Å². The second kappa shape index (κ2) is 26.8. The van der Waals surface area contributed by atoms with Gasteiger partial charge in [-0.05, 0) is 170 Å². The molecule has 0 spiro atoms. The van der Waals surface area contributed by atoms with Crippen molar-refractivity contribution >= 4 is 57.2 Å². The third-order valence-corrected chi connectivity index (χ3v) is 20.9. The van der Waals surface area contributed by atoms with Crippen LogP contribution in [0.5, 0.6) is 0 Å². The van der Waals surface area contributed by atoms with Gasteiger partial charge in [0.05, 0.1) is 31.9 Å². The molecule has 0 aliphatic carbocycles. The number of hydrogen-bond donors (Lipinski definition) is 0. The Morgan fingerprint density at radius 3 is 0.981 bits per heavy atom. The van der Waals surface area contributed by atoms with Gasteiger partial charge in [0.2, 0.25) is 0 Å². The third kappa shape index (κ3) is 13.3. The van der Waals surface area contributed by atoms with Gasteiger partial charge in [-0.1, -0.05) is 352 Å². The lowest BCUT2D eigenvalue weighted by atomic mass is 9.33. The SMILES string of the molecule is [2H]c1c([2H])c([2H])c(-c2ccc3c(c2)N(c2c(-c4ccccc4)cc(C(C)(C)C)cc2-c2ccccc2)c2cc(-c4cccc(C(C)(C)C)c4)cc4c2B3c2ccc(-c3cc(C(C)(C)C)cc(C(C)(C)C)c3)cc2N4c2c(-c3ccccc3)cc(C(C)(C)C)cc2-c2nc(-c3c([2H])c([2H])c([2H])c([2H])c3[2H])nc(-c3c([2H])c([2H])c([2H])c([2H])c3[2H])n2)c([2H])c1[2H]. The molecular weight excluding hydrogens is 1290 g/mol. The number of benzene rings is 13. The fourth-order valence-electron chi connectivity index (χ4n) is 14.9. The van der Waals surface area contributed by atoms with Gasteiger partial charge in [-0.25, -0.2) is 15.0 Å². The molecular formula is C101H94BN5. The quantitative estimate of drug-likeness (QED) is 0.121. The van der Waals surface area contributed by atoms with Gasteiger partial charge in [-0.2, -0.15) is 0 Å². The van der Waals surface area contributed by atoms with E-state index in [-0.39, 0.29) is 39.7 Å². The lowest BCUT2D eigenvalue weighted by Crippen LogP contribution is -2.61. The smallest absolute Gasteiger partial charge is 0.252 e. The van der Waals surface area contributed by atoms with E-state index in [1.807, 2.05) is 84.9 Å². The first kappa shape index (κ1) is 54.2. The molecule has 0 N–H and O–H groups in total. The van der Waals surface area contributed by atoms with Gasteiger partial charge in [0.25, 0.3) is 6.71 Å². The summed E-state index contributed by atoms with van der Waals surface area (Å²) in [6.45, 7) is 32.1. The molecule has 1 aromatic heterocycles. The molecule has 526 valence electrons. The summed E-state index contributed by atoms with van der Waals surface area (Å²) in [6.07, 6.45) is 0. The van der Waals surface area contributed by atoms with Gasteiger partial charge in [0.15, 0.2) is 17.5 Å². The Labute approximate surface area is 656 Å². The van der Waals surface area contributed by atoms with E-state index in [4.69, 9.17) is 24.5 Å². The molecule has 0 fully saturated rings. The lowest BCUT2D eigenvalue weighted by Gasteiger charge is -2.46. The van der Waals surface area contributed by atoms with Crippen LogP contribution in [0, 0.1) is 0 Å². The summed E-state index contributed by atoms with van der Waals surface area (Å²) >= 11 is 0. The van der Waals surface area contributed by atoms with E-state index in [1.54, 1.807) is 0 Å². The van der Waals surface area contributed by atoms with Crippen LogP contribution in [-0.4, -0.2) is 21.7 Å². The Bertz CT molecular complexity index is 6410. The number of aromatic nitrogens is 3. The maximum atomic E-state index is 9.73. The molecule has 0 saturated carbocycles. The molecule has 2 aliphatic rings. The molecule has 0 radical (unpaired) electrons. The predicted octanol–water partition coefficient (Wildman–Crippen LogP) is 25.4. The maximum Gasteiger partial charge on any atom is 0.252 e. The van der Waals surface area contributed by atoms with E-state index in [9.17, 15) is 11.0 Å². The maximum absolute atomic E-state index is 9.73. The highest BCUT2D eigenvalue weighted by Gasteiger charge is 2.46. The zero-order valence-corrected chi connectivity index (χ0v) is 63.4. The highest BCUT2D eigenvalue weighted by molar-refractivity contribution is 7.00. The molecule has 3 heterocycles. The Balaban J connectivity index is 1.17. The normalized spacial score (nSPS) is 14.9. The summed E-state index contributed by atoms with van der Waals surface area (Å²) in [4.78, 5) is 20.3. The van der Waals surface area contributed by atoms with E-state index >= 15 is 0 Å². The largest absolute Gasteiger partial charge is 0.310 e. The Morgan fingerprint density at radius 1 is 0.252 bits per heavy atom. The van der Waals surface area contributed by atoms with Crippen molar-refractivity contribution in [2.45, 2.75) is 131 Å². The minimum absolute atomic E-state index is 0.0297. The molecule has 0 bridgehead atoms. The third-order valence-electron chi connectivity index (χ3n) is 20.9. The summed E-state index contributed by atoms with van der Waals surface area (Å²) < 4.78 is 139. The molecule has 0 unspecified atom stereocenters. The first-order chi connectivity index (χ1) is 57.4. The first-order valence-corrected chi connectivity index (χ1v) is 36.8.